The third-order valence-electron chi connectivity index (χ3n) is 4.81. The Labute approximate surface area is 174 Å². The molecule has 0 aliphatic heterocycles. The van der Waals surface area contributed by atoms with Crippen LogP contribution in [0.15, 0.2) is 97.1 Å². The first kappa shape index (κ1) is 20.9. The van der Waals surface area contributed by atoms with Crippen LogP contribution >= 0.6 is 0 Å². The van der Waals surface area contributed by atoms with Crippen molar-refractivity contribution in [3.63, 3.8) is 0 Å². The van der Waals surface area contributed by atoms with Gasteiger partial charge in [-0.05, 0) is 5.56 Å². The molecule has 150 valence electrons. The summed E-state index contributed by atoms with van der Waals surface area (Å²) in [4.78, 5) is 37.5. The highest BCUT2D eigenvalue weighted by Gasteiger charge is 2.37. The molecular formula is C25H21NO4. The number of nitro groups is 1. The molecule has 3 aromatic carbocycles. The third kappa shape index (κ3) is 5.35. The van der Waals surface area contributed by atoms with Crippen molar-refractivity contribution in [3.8, 4) is 0 Å². The molecule has 1 atom stereocenters. The van der Waals surface area contributed by atoms with Gasteiger partial charge in [-0.15, -0.1) is 0 Å². The predicted octanol–water partition coefficient (Wildman–Crippen LogP) is 4.97. The van der Waals surface area contributed by atoms with Gasteiger partial charge in [-0.3, -0.25) is 19.7 Å². The van der Waals surface area contributed by atoms with Crippen LogP contribution in [-0.2, 0) is 0 Å². The van der Waals surface area contributed by atoms with Crippen molar-refractivity contribution in [2.45, 2.75) is 0 Å². The minimum absolute atomic E-state index is 0.355. The van der Waals surface area contributed by atoms with Crippen molar-refractivity contribution in [2.24, 2.45) is 11.8 Å². The van der Waals surface area contributed by atoms with Crippen LogP contribution in [0.5, 0.6) is 0 Å². The van der Waals surface area contributed by atoms with Crippen molar-refractivity contribution < 1.29 is 14.5 Å². The summed E-state index contributed by atoms with van der Waals surface area (Å²) in [6.45, 7) is -0.523. The van der Waals surface area contributed by atoms with Gasteiger partial charge in [0.15, 0.2) is 11.6 Å². The van der Waals surface area contributed by atoms with E-state index in [0.717, 1.165) is 5.56 Å². The van der Waals surface area contributed by atoms with Crippen LogP contribution in [0.4, 0.5) is 0 Å². The molecular weight excluding hydrogens is 378 g/mol. The normalized spacial score (nSPS) is 12.0. The summed E-state index contributed by atoms with van der Waals surface area (Å²) in [5.41, 5.74) is 1.55. The van der Waals surface area contributed by atoms with Crippen molar-refractivity contribution in [1.82, 2.24) is 0 Å². The van der Waals surface area contributed by atoms with Gasteiger partial charge in [0.25, 0.3) is 0 Å². The van der Waals surface area contributed by atoms with Gasteiger partial charge in [-0.1, -0.05) is 103 Å². The molecule has 0 N–H and O–H groups in total. The molecule has 5 nitrogen and oxygen atoms in total. The van der Waals surface area contributed by atoms with Crippen LogP contribution in [0.1, 0.15) is 26.3 Å². The summed E-state index contributed by atoms with van der Waals surface area (Å²) >= 11 is 0. The van der Waals surface area contributed by atoms with Gasteiger partial charge in [0.2, 0.25) is 6.54 Å². The average molecular weight is 399 g/mol. The molecule has 0 heterocycles. The Morgan fingerprint density at radius 3 is 1.63 bits per heavy atom. The number of Topliss-reactive ketones (excluding diaryl/α,β-unsaturated/α-hetero) is 2. The van der Waals surface area contributed by atoms with Gasteiger partial charge < -0.3 is 0 Å². The number of hydrogen-bond donors (Lipinski definition) is 0. The number of carbonyl (C=O) groups excluding carboxylic acids is 2. The summed E-state index contributed by atoms with van der Waals surface area (Å²) in [5, 5.41) is 11.4. The highest BCUT2D eigenvalue weighted by atomic mass is 16.6. The monoisotopic (exact) mass is 399 g/mol. The van der Waals surface area contributed by atoms with Crippen LogP contribution in [0.2, 0.25) is 0 Å². The zero-order chi connectivity index (χ0) is 21.3. The minimum atomic E-state index is -1.19. The molecule has 30 heavy (non-hydrogen) atoms. The number of carbonyl (C=O) groups is 2. The molecule has 3 aromatic rings. The van der Waals surface area contributed by atoms with Crippen molar-refractivity contribution >= 4 is 17.6 Å². The Hall–Kier alpha value is -3.86. The lowest BCUT2D eigenvalue weighted by Gasteiger charge is -2.20. The first-order valence-corrected chi connectivity index (χ1v) is 9.60. The second-order valence-corrected chi connectivity index (χ2v) is 6.89. The molecule has 0 radical (unpaired) electrons. The summed E-state index contributed by atoms with van der Waals surface area (Å²) in [6, 6.07) is 26.1. The van der Waals surface area contributed by atoms with Gasteiger partial charge >= 0.3 is 0 Å². The molecule has 0 aliphatic carbocycles. The third-order valence-corrected chi connectivity index (χ3v) is 4.81. The lowest BCUT2D eigenvalue weighted by atomic mass is 9.80. The highest BCUT2D eigenvalue weighted by molar-refractivity contribution is 6.16. The first-order chi connectivity index (χ1) is 14.6. The van der Waals surface area contributed by atoms with Gasteiger partial charge in [-0.2, -0.15) is 0 Å². The molecule has 0 spiro atoms. The fourth-order valence-electron chi connectivity index (χ4n) is 3.32. The number of hydrogen-bond acceptors (Lipinski definition) is 4. The van der Waals surface area contributed by atoms with Crippen molar-refractivity contribution in [3.05, 3.63) is 124 Å². The van der Waals surface area contributed by atoms with E-state index in [0.29, 0.717) is 11.1 Å². The zero-order valence-corrected chi connectivity index (χ0v) is 16.3. The van der Waals surface area contributed by atoms with E-state index in [9.17, 15) is 19.7 Å². The number of nitrogens with zero attached hydrogens (tertiary/aromatic N) is 1. The molecule has 3 rings (SSSR count). The van der Waals surface area contributed by atoms with Crippen LogP contribution in [-0.4, -0.2) is 23.0 Å². The highest BCUT2D eigenvalue weighted by Crippen LogP contribution is 2.25. The number of ketones is 2. The van der Waals surface area contributed by atoms with E-state index < -0.39 is 34.9 Å². The Balaban J connectivity index is 2.04. The van der Waals surface area contributed by atoms with Gasteiger partial charge in [0, 0.05) is 16.1 Å². The smallest absolute Gasteiger partial charge is 0.211 e. The van der Waals surface area contributed by atoms with Crippen LogP contribution in [0.25, 0.3) is 6.08 Å². The maximum Gasteiger partial charge on any atom is 0.211 e. The predicted molar refractivity (Wildman–Crippen MR) is 116 cm³/mol. The molecule has 0 aromatic heterocycles. The molecule has 0 bridgehead atoms. The summed E-state index contributed by atoms with van der Waals surface area (Å²) in [7, 11) is 0. The largest absolute Gasteiger partial charge is 0.293 e. The SMILES string of the molecule is O=C(c1ccccc1)C(C(=O)c1ccccc1)[C@@H](/C=C/c1ccccc1)C[N+](=O)[O-]. The minimum Gasteiger partial charge on any atom is -0.293 e. The maximum absolute atomic E-state index is 13.3. The second kappa shape index (κ2) is 10.1. The van der Waals surface area contributed by atoms with Crippen molar-refractivity contribution in [1.29, 1.82) is 0 Å². The van der Waals surface area contributed by atoms with Crippen LogP contribution in [0.3, 0.4) is 0 Å². The fraction of sp³-hybridized carbons (Fsp3) is 0.120. The molecule has 0 fully saturated rings. The van der Waals surface area contributed by atoms with E-state index >= 15 is 0 Å². The van der Waals surface area contributed by atoms with E-state index in [1.807, 2.05) is 30.3 Å². The zero-order valence-electron chi connectivity index (χ0n) is 16.3. The molecule has 0 amide bonds. The molecule has 0 saturated carbocycles. The quantitative estimate of drug-likeness (QED) is 0.220. The molecule has 5 heteroatoms. The Kier molecular flexibility index (Phi) is 7.00. The van der Waals surface area contributed by atoms with Crippen molar-refractivity contribution in [2.75, 3.05) is 6.54 Å². The lowest BCUT2D eigenvalue weighted by molar-refractivity contribution is -0.486. The lowest BCUT2D eigenvalue weighted by Crippen LogP contribution is -2.34. The Bertz CT molecular complexity index is 979. The van der Waals surface area contributed by atoms with E-state index in [-0.39, 0.29) is 0 Å². The summed E-state index contributed by atoms with van der Waals surface area (Å²) in [6.07, 6.45) is 3.32. The maximum atomic E-state index is 13.3. The van der Waals surface area contributed by atoms with Gasteiger partial charge in [0.05, 0.1) is 11.8 Å². The number of rotatable bonds is 9. The summed E-state index contributed by atoms with van der Waals surface area (Å²) < 4.78 is 0. The second-order valence-electron chi connectivity index (χ2n) is 6.89. The molecule has 0 unspecified atom stereocenters. The molecule has 0 saturated heterocycles. The van der Waals surface area contributed by atoms with E-state index in [1.165, 1.54) is 0 Å². The van der Waals surface area contributed by atoms with Crippen LogP contribution < -0.4 is 0 Å². The number of benzene rings is 3. The van der Waals surface area contributed by atoms with Gasteiger partial charge in [-0.25, -0.2) is 0 Å². The van der Waals surface area contributed by atoms with E-state index in [2.05, 4.69) is 0 Å². The Morgan fingerprint density at radius 2 is 1.20 bits per heavy atom. The van der Waals surface area contributed by atoms with E-state index in [4.69, 9.17) is 0 Å². The Morgan fingerprint density at radius 1 is 0.767 bits per heavy atom. The summed E-state index contributed by atoms with van der Waals surface area (Å²) in [5.74, 6) is -2.93. The fourth-order valence-corrected chi connectivity index (χ4v) is 3.32. The molecule has 0 aliphatic rings. The first-order valence-electron chi connectivity index (χ1n) is 9.60. The standard InChI is InChI=1S/C25H21NO4/c27-24(20-12-6-2-7-13-20)23(25(28)21-14-8-3-9-15-21)22(18-26(29)30)17-16-19-10-4-1-5-11-19/h1-17,22-23H,18H2/b17-16+/t22-/m0/s1. The van der Waals surface area contributed by atoms with Gasteiger partial charge in [0.1, 0.15) is 0 Å². The average Bonchev–Trinajstić information content (AvgIpc) is 2.79. The van der Waals surface area contributed by atoms with E-state index in [1.54, 1.807) is 72.8 Å². The topological polar surface area (TPSA) is 77.3 Å². The van der Waals surface area contributed by atoms with Crippen LogP contribution in [0, 0.1) is 22.0 Å².